The molecule has 170 valence electrons. The molecule has 0 spiro atoms. The molecule has 0 aliphatic rings. The fraction of sp³-hybridized carbons (Fsp3) is 0.185. The zero-order chi connectivity index (χ0) is 23.7. The van der Waals surface area contributed by atoms with E-state index in [-0.39, 0.29) is 17.7 Å². The molecule has 1 amide bonds. The topological polar surface area (TPSA) is 85.8 Å². The molecule has 2 aromatic carbocycles. The van der Waals surface area contributed by atoms with Crippen molar-refractivity contribution in [2.75, 3.05) is 5.32 Å². The van der Waals surface area contributed by atoms with Crippen molar-refractivity contribution in [1.29, 1.82) is 0 Å². The first-order valence-electron chi connectivity index (χ1n) is 11.1. The van der Waals surface area contributed by atoms with Gasteiger partial charge in [0.05, 0.1) is 17.5 Å². The molecule has 5 rings (SSSR count). The normalized spacial score (nSPS) is 11.6. The molecule has 1 N–H and O–H groups in total. The number of rotatable bonds is 5. The summed E-state index contributed by atoms with van der Waals surface area (Å²) in [6, 6.07) is 19.9. The number of aromatic nitrogens is 4. The molecular weight excluding hydrogens is 426 g/mol. The van der Waals surface area contributed by atoms with E-state index in [0.29, 0.717) is 5.82 Å². The van der Waals surface area contributed by atoms with Crippen molar-refractivity contribution in [2.45, 2.75) is 32.6 Å². The van der Waals surface area contributed by atoms with Gasteiger partial charge in [-0.2, -0.15) is 0 Å². The number of amides is 1. The molecule has 0 atom stereocenters. The fourth-order valence-electron chi connectivity index (χ4n) is 3.78. The van der Waals surface area contributed by atoms with Crippen molar-refractivity contribution >= 4 is 22.8 Å². The summed E-state index contributed by atoms with van der Waals surface area (Å²) in [5.74, 6) is 1.02. The summed E-state index contributed by atoms with van der Waals surface area (Å²) in [4.78, 5) is 21.1. The van der Waals surface area contributed by atoms with E-state index in [2.05, 4.69) is 38.6 Å². The number of nitrogens with one attached hydrogen (secondary N) is 1. The first-order valence-corrected chi connectivity index (χ1v) is 11.1. The Morgan fingerprint density at radius 3 is 2.44 bits per heavy atom. The van der Waals surface area contributed by atoms with Gasteiger partial charge in [-0.15, -0.1) is 0 Å². The quantitative estimate of drug-likeness (QED) is 0.378. The summed E-state index contributed by atoms with van der Waals surface area (Å²) >= 11 is 0. The van der Waals surface area contributed by atoms with E-state index in [1.54, 1.807) is 18.5 Å². The van der Waals surface area contributed by atoms with E-state index in [1.807, 2.05) is 68.1 Å². The molecule has 0 saturated heterocycles. The Labute approximate surface area is 197 Å². The summed E-state index contributed by atoms with van der Waals surface area (Å²) < 4.78 is 7.37. The smallest absolute Gasteiger partial charge is 0.230 e. The van der Waals surface area contributed by atoms with Crippen molar-refractivity contribution in [2.24, 2.45) is 0 Å². The second-order valence-corrected chi connectivity index (χ2v) is 9.27. The number of nitrogens with zero attached hydrogens (tertiary/aromatic N) is 4. The number of hydrogen-bond acceptors (Lipinski definition) is 5. The summed E-state index contributed by atoms with van der Waals surface area (Å²) in [6.07, 6.45) is 5.64. The van der Waals surface area contributed by atoms with Gasteiger partial charge in [0.25, 0.3) is 0 Å². The van der Waals surface area contributed by atoms with Crippen LogP contribution in [0, 0.1) is 0 Å². The fourth-order valence-corrected chi connectivity index (χ4v) is 3.78. The predicted octanol–water partition coefficient (Wildman–Crippen LogP) is 5.55. The van der Waals surface area contributed by atoms with Crippen molar-refractivity contribution in [1.82, 2.24) is 19.7 Å². The maximum Gasteiger partial charge on any atom is 0.230 e. The molecule has 0 unspecified atom stereocenters. The molecule has 0 saturated carbocycles. The zero-order valence-corrected chi connectivity index (χ0v) is 19.3. The average Bonchev–Trinajstić information content (AvgIpc) is 3.47. The molecule has 3 heterocycles. The van der Waals surface area contributed by atoms with E-state index in [0.717, 1.165) is 39.2 Å². The predicted molar refractivity (Wildman–Crippen MR) is 132 cm³/mol. The molecule has 34 heavy (non-hydrogen) atoms. The van der Waals surface area contributed by atoms with Gasteiger partial charge in [0.1, 0.15) is 12.1 Å². The minimum atomic E-state index is -0.163. The summed E-state index contributed by atoms with van der Waals surface area (Å²) in [5.41, 5.74) is 5.87. The number of carbonyl (C=O) groups excluding carboxylic acids is 1. The van der Waals surface area contributed by atoms with Crippen LogP contribution >= 0.6 is 0 Å². The molecule has 5 aromatic rings. The van der Waals surface area contributed by atoms with Gasteiger partial charge in [0, 0.05) is 29.6 Å². The Morgan fingerprint density at radius 2 is 1.74 bits per heavy atom. The van der Waals surface area contributed by atoms with Crippen LogP contribution in [-0.2, 0) is 16.6 Å². The van der Waals surface area contributed by atoms with Crippen molar-refractivity contribution in [3.05, 3.63) is 90.7 Å². The Kier molecular flexibility index (Phi) is 5.45. The standard InChI is InChI=1S/C27H25N5O2/c1-27(2,3)24-16-25(31-34-24)30-26(33)14-18-4-7-21(8-5-18)32-17-29-22-15-20(6-9-23(22)32)19-10-12-28-13-11-19/h4-13,15-17H,14H2,1-3H3,(H,30,31,33). The number of hydrogen-bond donors (Lipinski definition) is 1. The number of carbonyl (C=O) groups is 1. The SMILES string of the molecule is CC(C)(C)c1cc(NC(=O)Cc2ccc(-n3cnc4cc(-c5ccncc5)ccc43)cc2)no1. The lowest BCUT2D eigenvalue weighted by atomic mass is 9.93. The first-order chi connectivity index (χ1) is 16.4. The van der Waals surface area contributed by atoms with Crippen LogP contribution in [-0.4, -0.2) is 25.6 Å². The number of fused-ring (bicyclic) bond motifs is 1. The monoisotopic (exact) mass is 451 g/mol. The third-order valence-electron chi connectivity index (χ3n) is 5.66. The average molecular weight is 452 g/mol. The molecule has 0 bridgehead atoms. The molecule has 3 aromatic heterocycles. The number of imidazole rings is 1. The van der Waals surface area contributed by atoms with Gasteiger partial charge in [-0.1, -0.05) is 44.1 Å². The van der Waals surface area contributed by atoms with E-state index in [4.69, 9.17) is 4.52 Å². The summed E-state index contributed by atoms with van der Waals surface area (Å²) in [6.45, 7) is 6.10. The molecule has 0 aliphatic carbocycles. The van der Waals surface area contributed by atoms with Crippen LogP contribution in [0.2, 0.25) is 0 Å². The van der Waals surface area contributed by atoms with Crippen LogP contribution in [0.1, 0.15) is 32.1 Å². The third kappa shape index (κ3) is 4.45. The Morgan fingerprint density at radius 1 is 0.971 bits per heavy atom. The Bertz CT molecular complexity index is 1440. The lowest BCUT2D eigenvalue weighted by Crippen LogP contribution is -2.14. The van der Waals surface area contributed by atoms with Crippen molar-refractivity contribution in [3.63, 3.8) is 0 Å². The van der Waals surface area contributed by atoms with Crippen molar-refractivity contribution in [3.8, 4) is 16.8 Å². The van der Waals surface area contributed by atoms with Crippen LogP contribution in [0.4, 0.5) is 5.82 Å². The highest BCUT2D eigenvalue weighted by atomic mass is 16.5. The molecular formula is C27H25N5O2. The van der Waals surface area contributed by atoms with Gasteiger partial charge in [0.2, 0.25) is 5.91 Å². The lowest BCUT2D eigenvalue weighted by Gasteiger charge is -2.12. The van der Waals surface area contributed by atoms with Gasteiger partial charge in [-0.3, -0.25) is 14.3 Å². The molecule has 0 aliphatic heterocycles. The van der Waals surface area contributed by atoms with Crippen LogP contribution in [0.15, 0.2) is 83.9 Å². The van der Waals surface area contributed by atoms with E-state index >= 15 is 0 Å². The summed E-state index contributed by atoms with van der Waals surface area (Å²) in [5, 5.41) is 6.75. The van der Waals surface area contributed by atoms with E-state index < -0.39 is 0 Å². The van der Waals surface area contributed by atoms with E-state index in [9.17, 15) is 4.79 Å². The maximum absolute atomic E-state index is 12.5. The second-order valence-electron chi connectivity index (χ2n) is 9.27. The van der Waals surface area contributed by atoms with Crippen molar-refractivity contribution < 1.29 is 9.32 Å². The minimum Gasteiger partial charge on any atom is -0.359 e. The van der Waals surface area contributed by atoms with Gasteiger partial charge in [-0.05, 0) is 53.1 Å². The largest absolute Gasteiger partial charge is 0.359 e. The van der Waals surface area contributed by atoms with E-state index in [1.165, 1.54) is 0 Å². The highest BCUT2D eigenvalue weighted by molar-refractivity contribution is 5.91. The zero-order valence-electron chi connectivity index (χ0n) is 19.3. The highest BCUT2D eigenvalue weighted by Gasteiger charge is 2.20. The molecule has 7 heteroatoms. The van der Waals surface area contributed by atoms with Crippen LogP contribution in [0.25, 0.3) is 27.8 Å². The molecule has 0 radical (unpaired) electrons. The molecule has 7 nitrogen and oxygen atoms in total. The third-order valence-corrected chi connectivity index (χ3v) is 5.66. The Hall–Kier alpha value is -4.26. The second kappa shape index (κ2) is 8.59. The summed E-state index contributed by atoms with van der Waals surface area (Å²) in [7, 11) is 0. The van der Waals surface area contributed by atoms with Gasteiger partial charge < -0.3 is 9.84 Å². The van der Waals surface area contributed by atoms with Gasteiger partial charge in [0.15, 0.2) is 5.82 Å². The number of benzene rings is 2. The van der Waals surface area contributed by atoms with Gasteiger partial charge in [-0.25, -0.2) is 4.98 Å². The van der Waals surface area contributed by atoms with Crippen LogP contribution in [0.3, 0.4) is 0 Å². The first kappa shape index (κ1) is 21.6. The molecule has 0 fully saturated rings. The number of pyridine rings is 1. The number of anilines is 1. The van der Waals surface area contributed by atoms with Crippen LogP contribution in [0.5, 0.6) is 0 Å². The maximum atomic E-state index is 12.5. The van der Waals surface area contributed by atoms with Crippen LogP contribution < -0.4 is 5.32 Å². The highest BCUT2D eigenvalue weighted by Crippen LogP contribution is 2.26. The lowest BCUT2D eigenvalue weighted by molar-refractivity contribution is -0.115. The van der Waals surface area contributed by atoms with Gasteiger partial charge >= 0.3 is 0 Å². The minimum absolute atomic E-state index is 0.141. The Balaban J connectivity index is 1.29.